The number of rotatable bonds is 0. The van der Waals surface area contributed by atoms with E-state index in [1.165, 1.54) is 0 Å². The zero-order valence-corrected chi connectivity index (χ0v) is 6.39. The first-order valence-electron chi connectivity index (χ1n) is 3.30. The van der Waals surface area contributed by atoms with Gasteiger partial charge in [-0.25, -0.2) is 4.79 Å². The maximum Gasteiger partial charge on any atom is 0.412 e. The first-order chi connectivity index (χ1) is 5.25. The Morgan fingerprint density at radius 2 is 2.45 bits per heavy atom. The van der Waals surface area contributed by atoms with E-state index in [0.717, 1.165) is 5.03 Å². The normalized spacial score (nSPS) is 28.1. The van der Waals surface area contributed by atoms with Crippen LogP contribution in [0, 0.1) is 0 Å². The van der Waals surface area contributed by atoms with Gasteiger partial charge >= 0.3 is 6.09 Å². The highest BCUT2D eigenvalue weighted by atomic mass is 35.5. The topological polar surface area (TPSA) is 38.3 Å². The molecular formula is C7H6ClNO2. The van der Waals surface area contributed by atoms with Crippen molar-refractivity contribution in [3.05, 3.63) is 22.9 Å². The summed E-state index contributed by atoms with van der Waals surface area (Å²) in [7, 11) is 0. The first kappa shape index (κ1) is 6.73. The number of hydrogen-bond donors (Lipinski definition) is 1. The van der Waals surface area contributed by atoms with Crippen molar-refractivity contribution >= 4 is 17.7 Å². The molecule has 3 nitrogen and oxygen atoms in total. The molecule has 1 amide bonds. The highest BCUT2D eigenvalue weighted by Gasteiger charge is 2.30. The van der Waals surface area contributed by atoms with Gasteiger partial charge in [0.15, 0.2) is 0 Å². The second-order valence-corrected chi connectivity index (χ2v) is 2.96. The van der Waals surface area contributed by atoms with Crippen molar-refractivity contribution in [1.82, 2.24) is 5.32 Å². The number of carbonyl (C=O) groups excluding carboxylic acids is 1. The van der Waals surface area contributed by atoms with Crippen LogP contribution in [-0.4, -0.2) is 12.1 Å². The number of carbonyl (C=O) groups is 1. The van der Waals surface area contributed by atoms with Crippen molar-refractivity contribution in [2.75, 3.05) is 0 Å². The lowest BCUT2D eigenvalue weighted by atomic mass is 10.1. The van der Waals surface area contributed by atoms with Gasteiger partial charge in [-0.1, -0.05) is 11.6 Å². The molecule has 1 saturated heterocycles. The summed E-state index contributed by atoms with van der Waals surface area (Å²) in [6.45, 7) is 0. The van der Waals surface area contributed by atoms with Crippen molar-refractivity contribution in [1.29, 1.82) is 0 Å². The van der Waals surface area contributed by atoms with Gasteiger partial charge in [0.25, 0.3) is 0 Å². The fraction of sp³-hybridized carbons (Fsp3) is 0.286. The van der Waals surface area contributed by atoms with E-state index in [2.05, 4.69) is 5.32 Å². The monoisotopic (exact) mass is 171 g/mol. The van der Waals surface area contributed by atoms with Crippen molar-refractivity contribution in [2.45, 2.75) is 12.5 Å². The van der Waals surface area contributed by atoms with Crippen molar-refractivity contribution in [3.8, 4) is 0 Å². The minimum atomic E-state index is -0.388. The highest BCUT2D eigenvalue weighted by Crippen LogP contribution is 2.25. The van der Waals surface area contributed by atoms with Gasteiger partial charge in [-0.3, -0.25) is 0 Å². The molecule has 1 atom stereocenters. The SMILES string of the molecule is O=C1NC2CC(Cl)=CC=C2O1. The van der Waals surface area contributed by atoms with Crippen molar-refractivity contribution in [2.24, 2.45) is 0 Å². The predicted octanol–water partition coefficient (Wildman–Crippen LogP) is 1.51. The summed E-state index contributed by atoms with van der Waals surface area (Å²) in [5, 5.41) is 3.37. The van der Waals surface area contributed by atoms with Crippen LogP contribution in [0.15, 0.2) is 22.9 Å². The van der Waals surface area contributed by atoms with E-state index >= 15 is 0 Å². The fourth-order valence-electron chi connectivity index (χ4n) is 1.16. The van der Waals surface area contributed by atoms with Gasteiger partial charge in [-0.15, -0.1) is 0 Å². The summed E-state index contributed by atoms with van der Waals surface area (Å²) in [6.07, 6.45) is 3.71. The molecule has 2 aliphatic rings. The van der Waals surface area contributed by atoms with Gasteiger partial charge in [0.2, 0.25) is 0 Å². The molecule has 1 N–H and O–H groups in total. The van der Waals surface area contributed by atoms with Crippen LogP contribution in [0.25, 0.3) is 0 Å². The van der Waals surface area contributed by atoms with Crippen LogP contribution in [0.2, 0.25) is 0 Å². The van der Waals surface area contributed by atoms with Gasteiger partial charge in [-0.2, -0.15) is 0 Å². The summed E-state index contributed by atoms with van der Waals surface area (Å²) in [5.74, 6) is 0.666. The Hall–Kier alpha value is -0.960. The Balaban J connectivity index is 2.25. The average molecular weight is 172 g/mol. The van der Waals surface area contributed by atoms with Crippen molar-refractivity contribution < 1.29 is 9.53 Å². The quantitative estimate of drug-likeness (QED) is 0.600. The molecule has 11 heavy (non-hydrogen) atoms. The maximum absolute atomic E-state index is 10.7. The molecule has 0 radical (unpaired) electrons. The zero-order chi connectivity index (χ0) is 7.84. The number of nitrogens with one attached hydrogen (secondary N) is 1. The number of fused-ring (bicyclic) bond motifs is 1. The van der Waals surface area contributed by atoms with E-state index < -0.39 is 0 Å². The first-order valence-corrected chi connectivity index (χ1v) is 3.68. The lowest BCUT2D eigenvalue weighted by molar-refractivity contribution is 0.195. The van der Waals surface area contributed by atoms with Gasteiger partial charge in [-0.05, 0) is 12.2 Å². The molecule has 0 aromatic rings. The van der Waals surface area contributed by atoms with Crippen LogP contribution >= 0.6 is 11.6 Å². The molecule has 1 aliphatic heterocycles. The van der Waals surface area contributed by atoms with Gasteiger partial charge in [0.05, 0.1) is 6.04 Å². The van der Waals surface area contributed by atoms with Gasteiger partial charge in [0, 0.05) is 11.5 Å². The number of amides is 1. The number of alkyl carbamates (subject to hydrolysis) is 1. The van der Waals surface area contributed by atoms with Crippen molar-refractivity contribution in [3.63, 3.8) is 0 Å². The third-order valence-electron chi connectivity index (χ3n) is 1.67. The molecular weight excluding hydrogens is 166 g/mol. The molecule has 58 valence electrons. The molecule has 1 aliphatic carbocycles. The number of allylic oxidation sites excluding steroid dienone is 2. The Morgan fingerprint density at radius 1 is 1.64 bits per heavy atom. The summed E-state index contributed by atoms with van der Waals surface area (Å²) < 4.78 is 4.82. The molecule has 1 heterocycles. The Labute approximate surface area is 68.7 Å². The third-order valence-corrected chi connectivity index (χ3v) is 1.95. The Kier molecular flexibility index (Phi) is 1.39. The molecule has 0 saturated carbocycles. The molecule has 0 aromatic carbocycles. The molecule has 0 bridgehead atoms. The predicted molar refractivity (Wildman–Crippen MR) is 40.0 cm³/mol. The molecule has 1 fully saturated rings. The van der Waals surface area contributed by atoms with E-state index in [4.69, 9.17) is 16.3 Å². The second-order valence-electron chi connectivity index (χ2n) is 2.47. The summed E-state index contributed by atoms with van der Waals surface area (Å²) in [6, 6.07) is -0.0417. The summed E-state index contributed by atoms with van der Waals surface area (Å²) in [4.78, 5) is 10.7. The minimum Gasteiger partial charge on any atom is -0.413 e. The van der Waals surface area contributed by atoms with Crippen LogP contribution in [-0.2, 0) is 4.74 Å². The van der Waals surface area contributed by atoms with Crippen LogP contribution in [0.3, 0.4) is 0 Å². The second kappa shape index (κ2) is 2.27. The molecule has 2 rings (SSSR count). The lowest BCUT2D eigenvalue weighted by Crippen LogP contribution is -2.26. The molecule has 0 aromatic heterocycles. The van der Waals surface area contributed by atoms with Gasteiger partial charge < -0.3 is 10.1 Å². The molecule has 0 spiro atoms. The van der Waals surface area contributed by atoms with Crippen LogP contribution in [0.4, 0.5) is 4.79 Å². The van der Waals surface area contributed by atoms with E-state index in [9.17, 15) is 4.79 Å². The fourth-order valence-corrected chi connectivity index (χ4v) is 1.38. The van der Waals surface area contributed by atoms with E-state index in [0.29, 0.717) is 12.2 Å². The number of hydrogen-bond acceptors (Lipinski definition) is 2. The molecule has 1 unspecified atom stereocenters. The number of ether oxygens (including phenoxy) is 1. The third kappa shape index (κ3) is 1.12. The van der Waals surface area contributed by atoms with Crippen LogP contribution in [0.5, 0.6) is 0 Å². The standard InChI is InChI=1S/C7H6ClNO2/c8-4-1-2-6-5(3-4)9-7(10)11-6/h1-2,5H,3H2,(H,9,10). The summed E-state index contributed by atoms with van der Waals surface area (Å²) >= 11 is 5.74. The lowest BCUT2D eigenvalue weighted by Gasteiger charge is -2.10. The zero-order valence-electron chi connectivity index (χ0n) is 5.63. The van der Waals surface area contributed by atoms with E-state index in [1.807, 2.05) is 0 Å². The van der Waals surface area contributed by atoms with Gasteiger partial charge in [0.1, 0.15) is 5.76 Å². The largest absolute Gasteiger partial charge is 0.413 e. The maximum atomic E-state index is 10.7. The van der Waals surface area contributed by atoms with E-state index in [-0.39, 0.29) is 12.1 Å². The van der Waals surface area contributed by atoms with Crippen LogP contribution < -0.4 is 5.32 Å². The number of halogens is 1. The van der Waals surface area contributed by atoms with Crippen LogP contribution in [0.1, 0.15) is 6.42 Å². The summed E-state index contributed by atoms with van der Waals surface area (Å²) in [5.41, 5.74) is 0. The smallest absolute Gasteiger partial charge is 0.412 e. The highest BCUT2D eigenvalue weighted by molar-refractivity contribution is 6.29. The Morgan fingerprint density at radius 3 is 3.27 bits per heavy atom. The molecule has 4 heteroatoms. The van der Waals surface area contributed by atoms with E-state index in [1.54, 1.807) is 12.2 Å². The Bertz CT molecular complexity index is 270. The minimum absolute atomic E-state index is 0.0417. The average Bonchev–Trinajstić information content (AvgIpc) is 2.27.